The van der Waals surface area contributed by atoms with Crippen LogP contribution in [0.5, 0.6) is 0 Å². The minimum absolute atomic E-state index is 0.0104. The van der Waals surface area contributed by atoms with Gasteiger partial charge in [-0.1, -0.05) is 0 Å². The number of morpholine rings is 1. The van der Waals surface area contributed by atoms with Gasteiger partial charge in [0, 0.05) is 25.0 Å². The Morgan fingerprint density at radius 2 is 1.72 bits per heavy atom. The molecule has 6 heteroatoms. The van der Waals surface area contributed by atoms with Crippen molar-refractivity contribution < 1.29 is 19.4 Å². The van der Waals surface area contributed by atoms with Crippen LogP contribution in [0.3, 0.4) is 0 Å². The molecule has 0 aromatic carbocycles. The maximum Gasteiger partial charge on any atom is 0.404 e. The van der Waals surface area contributed by atoms with Crippen molar-refractivity contribution in [1.29, 1.82) is 0 Å². The topological polar surface area (TPSA) is 78.9 Å². The van der Waals surface area contributed by atoms with Gasteiger partial charge in [0.15, 0.2) is 0 Å². The van der Waals surface area contributed by atoms with Gasteiger partial charge < -0.3 is 20.1 Å². The van der Waals surface area contributed by atoms with Gasteiger partial charge in [0.1, 0.15) is 0 Å². The van der Waals surface area contributed by atoms with E-state index in [0.29, 0.717) is 26.3 Å². The van der Waals surface area contributed by atoms with Crippen molar-refractivity contribution in [3.05, 3.63) is 0 Å². The van der Waals surface area contributed by atoms with E-state index in [-0.39, 0.29) is 17.9 Å². The van der Waals surface area contributed by atoms with Gasteiger partial charge >= 0.3 is 6.09 Å². The summed E-state index contributed by atoms with van der Waals surface area (Å²) in [6.45, 7) is 2.63. The molecule has 2 aliphatic rings. The summed E-state index contributed by atoms with van der Waals surface area (Å²) in [6, 6.07) is 0.0104. The quantitative estimate of drug-likeness (QED) is 0.761. The smallest absolute Gasteiger partial charge is 0.404 e. The third-order valence-corrected chi connectivity index (χ3v) is 3.73. The van der Waals surface area contributed by atoms with E-state index >= 15 is 0 Å². The van der Waals surface area contributed by atoms with Crippen molar-refractivity contribution in [3.63, 3.8) is 0 Å². The van der Waals surface area contributed by atoms with Gasteiger partial charge in [-0.2, -0.15) is 0 Å². The predicted molar refractivity (Wildman–Crippen MR) is 64.3 cm³/mol. The van der Waals surface area contributed by atoms with Crippen molar-refractivity contribution in [2.45, 2.75) is 31.7 Å². The number of ether oxygens (including phenoxy) is 1. The monoisotopic (exact) mass is 256 g/mol. The standard InChI is InChI=1S/C12H20N2O4/c15-11(14-5-7-18-8-6-14)9-1-3-10(4-2-9)13-12(16)17/h9-10,13H,1-8H2,(H,16,17). The molecule has 1 heterocycles. The van der Waals surface area contributed by atoms with Crippen molar-refractivity contribution in [3.8, 4) is 0 Å². The Kier molecular flexibility index (Phi) is 4.41. The van der Waals surface area contributed by atoms with Gasteiger partial charge in [0.2, 0.25) is 5.91 Å². The Bertz CT molecular complexity index is 307. The molecule has 1 aliphatic carbocycles. The summed E-state index contributed by atoms with van der Waals surface area (Å²) < 4.78 is 5.23. The molecule has 0 spiro atoms. The summed E-state index contributed by atoms with van der Waals surface area (Å²) in [5.74, 6) is 0.280. The fourth-order valence-corrected chi connectivity index (χ4v) is 2.70. The van der Waals surface area contributed by atoms with Crippen LogP contribution in [0.1, 0.15) is 25.7 Å². The zero-order chi connectivity index (χ0) is 13.0. The number of hydrogen-bond acceptors (Lipinski definition) is 3. The number of carbonyl (C=O) groups is 2. The largest absolute Gasteiger partial charge is 0.465 e. The van der Waals surface area contributed by atoms with Crippen LogP contribution >= 0.6 is 0 Å². The number of nitrogens with one attached hydrogen (secondary N) is 1. The molecule has 0 radical (unpaired) electrons. The second-order valence-electron chi connectivity index (χ2n) is 4.94. The lowest BCUT2D eigenvalue weighted by Crippen LogP contribution is -2.46. The first-order valence-electron chi connectivity index (χ1n) is 6.53. The van der Waals surface area contributed by atoms with Crippen LogP contribution in [0.25, 0.3) is 0 Å². The van der Waals surface area contributed by atoms with Gasteiger partial charge in [-0.3, -0.25) is 4.79 Å². The summed E-state index contributed by atoms with van der Waals surface area (Å²) in [5.41, 5.74) is 0. The average Bonchev–Trinajstić information content (AvgIpc) is 2.39. The van der Waals surface area contributed by atoms with E-state index in [1.807, 2.05) is 4.90 Å². The zero-order valence-corrected chi connectivity index (χ0v) is 10.4. The van der Waals surface area contributed by atoms with Crippen LogP contribution in [0, 0.1) is 5.92 Å². The molecule has 2 amide bonds. The molecule has 0 atom stereocenters. The molecule has 2 fully saturated rings. The molecule has 102 valence electrons. The first-order valence-corrected chi connectivity index (χ1v) is 6.53. The van der Waals surface area contributed by atoms with E-state index in [1.165, 1.54) is 0 Å². The summed E-state index contributed by atoms with van der Waals surface area (Å²) in [7, 11) is 0. The van der Waals surface area contributed by atoms with E-state index in [9.17, 15) is 9.59 Å². The van der Waals surface area contributed by atoms with Crippen LogP contribution < -0.4 is 5.32 Å². The molecular formula is C12H20N2O4. The maximum atomic E-state index is 12.2. The Hall–Kier alpha value is -1.30. The van der Waals surface area contributed by atoms with Crippen LogP contribution in [-0.4, -0.2) is 54.4 Å². The minimum Gasteiger partial charge on any atom is -0.465 e. The summed E-state index contributed by atoms with van der Waals surface area (Å²) in [5, 5.41) is 11.1. The van der Waals surface area contributed by atoms with Gasteiger partial charge in [0.05, 0.1) is 13.2 Å². The van der Waals surface area contributed by atoms with Crippen molar-refractivity contribution in [2.75, 3.05) is 26.3 Å². The molecule has 0 aromatic rings. The molecule has 0 bridgehead atoms. The van der Waals surface area contributed by atoms with Crippen LogP contribution in [0.2, 0.25) is 0 Å². The number of carbonyl (C=O) groups excluding carboxylic acids is 1. The lowest BCUT2D eigenvalue weighted by molar-refractivity contribution is -0.140. The highest BCUT2D eigenvalue weighted by molar-refractivity contribution is 5.79. The van der Waals surface area contributed by atoms with Crippen LogP contribution in [-0.2, 0) is 9.53 Å². The fourth-order valence-electron chi connectivity index (χ4n) is 2.70. The van der Waals surface area contributed by atoms with E-state index < -0.39 is 6.09 Å². The highest BCUT2D eigenvalue weighted by Crippen LogP contribution is 2.26. The zero-order valence-electron chi connectivity index (χ0n) is 10.4. The third kappa shape index (κ3) is 3.35. The Labute approximate surface area is 106 Å². The maximum absolute atomic E-state index is 12.2. The van der Waals surface area contributed by atoms with Crippen molar-refractivity contribution in [2.24, 2.45) is 5.92 Å². The van der Waals surface area contributed by atoms with Crippen molar-refractivity contribution >= 4 is 12.0 Å². The van der Waals surface area contributed by atoms with E-state index in [0.717, 1.165) is 25.7 Å². The summed E-state index contributed by atoms with van der Waals surface area (Å²) >= 11 is 0. The molecule has 1 aliphatic heterocycles. The second-order valence-corrected chi connectivity index (χ2v) is 4.94. The predicted octanol–water partition coefficient (Wildman–Crippen LogP) is 0.672. The average molecular weight is 256 g/mol. The molecule has 2 N–H and O–H groups in total. The summed E-state index contributed by atoms with van der Waals surface area (Å²) in [6.07, 6.45) is 2.10. The molecule has 0 aromatic heterocycles. The number of rotatable bonds is 2. The number of hydrogen-bond donors (Lipinski definition) is 2. The number of carboxylic acid groups (broad SMARTS) is 1. The molecule has 2 rings (SSSR count). The summed E-state index contributed by atoms with van der Waals surface area (Å²) in [4.78, 5) is 24.6. The Morgan fingerprint density at radius 1 is 1.11 bits per heavy atom. The SMILES string of the molecule is O=C(O)NC1CCC(C(=O)N2CCOCC2)CC1. The molecule has 18 heavy (non-hydrogen) atoms. The van der Waals surface area contributed by atoms with E-state index in [2.05, 4.69) is 5.32 Å². The van der Waals surface area contributed by atoms with E-state index in [1.54, 1.807) is 0 Å². The molecule has 6 nitrogen and oxygen atoms in total. The molecular weight excluding hydrogens is 236 g/mol. The Balaban J connectivity index is 1.78. The molecule has 0 unspecified atom stereocenters. The van der Waals surface area contributed by atoms with Gasteiger partial charge in [-0.15, -0.1) is 0 Å². The van der Waals surface area contributed by atoms with Gasteiger partial charge in [-0.05, 0) is 25.7 Å². The number of amides is 2. The normalized spacial score (nSPS) is 28.8. The van der Waals surface area contributed by atoms with Crippen LogP contribution in [0.15, 0.2) is 0 Å². The van der Waals surface area contributed by atoms with E-state index in [4.69, 9.17) is 9.84 Å². The molecule has 1 saturated heterocycles. The lowest BCUT2D eigenvalue weighted by Gasteiger charge is -2.33. The highest BCUT2D eigenvalue weighted by atomic mass is 16.5. The number of nitrogens with zero attached hydrogens (tertiary/aromatic N) is 1. The Morgan fingerprint density at radius 3 is 2.28 bits per heavy atom. The molecule has 1 saturated carbocycles. The first-order chi connectivity index (χ1) is 8.66. The van der Waals surface area contributed by atoms with Crippen LogP contribution in [0.4, 0.5) is 4.79 Å². The van der Waals surface area contributed by atoms with Crippen molar-refractivity contribution in [1.82, 2.24) is 10.2 Å². The lowest BCUT2D eigenvalue weighted by atomic mass is 9.85. The van der Waals surface area contributed by atoms with Gasteiger partial charge in [0.25, 0.3) is 0 Å². The highest BCUT2D eigenvalue weighted by Gasteiger charge is 2.30. The second kappa shape index (κ2) is 6.04. The minimum atomic E-state index is -0.974. The first kappa shape index (κ1) is 13.1. The third-order valence-electron chi connectivity index (χ3n) is 3.73. The van der Waals surface area contributed by atoms with Gasteiger partial charge in [-0.25, -0.2) is 4.79 Å². The fraction of sp³-hybridized carbons (Fsp3) is 0.833.